The number of hydrogen-bond acceptors (Lipinski definition) is 5. The van der Waals surface area contributed by atoms with Gasteiger partial charge in [-0.25, -0.2) is 0 Å². The molecule has 0 saturated carbocycles. The highest BCUT2D eigenvalue weighted by molar-refractivity contribution is 7.80. The van der Waals surface area contributed by atoms with Crippen LogP contribution in [0.3, 0.4) is 0 Å². The smallest absolute Gasteiger partial charge is 0.325 e. The maximum Gasteiger partial charge on any atom is 0.325 e. The van der Waals surface area contributed by atoms with E-state index in [0.717, 1.165) is 22.2 Å². The summed E-state index contributed by atoms with van der Waals surface area (Å²) in [5.41, 5.74) is 2.22. The maximum absolute atomic E-state index is 12.8. The Morgan fingerprint density at radius 3 is 2.56 bits per heavy atom. The van der Waals surface area contributed by atoms with Crippen molar-refractivity contribution in [3.05, 3.63) is 72.1 Å². The molecule has 0 bridgehead atoms. The average molecular weight is 450 g/mol. The first-order valence-corrected chi connectivity index (χ1v) is 10.5. The van der Waals surface area contributed by atoms with E-state index < -0.39 is 5.97 Å². The first-order chi connectivity index (χ1) is 15.5. The minimum atomic E-state index is -0.471. The number of carbonyl (C=O) groups excluding carboxylic acids is 2. The number of nitrogens with zero attached hydrogens (tertiary/aromatic N) is 3. The van der Waals surface area contributed by atoms with Crippen molar-refractivity contribution in [3.8, 4) is 5.75 Å². The van der Waals surface area contributed by atoms with Crippen molar-refractivity contribution in [2.75, 3.05) is 27.3 Å². The third-order valence-corrected chi connectivity index (χ3v) is 5.80. The van der Waals surface area contributed by atoms with Gasteiger partial charge in [0.25, 0.3) is 5.91 Å². The lowest BCUT2D eigenvalue weighted by atomic mass is 10.1. The molecule has 7 nitrogen and oxygen atoms in total. The molecule has 1 aliphatic heterocycles. The first kappa shape index (κ1) is 21.6. The van der Waals surface area contributed by atoms with Gasteiger partial charge in [0, 0.05) is 29.7 Å². The molecule has 32 heavy (non-hydrogen) atoms. The van der Waals surface area contributed by atoms with Gasteiger partial charge in [-0.3, -0.25) is 14.5 Å². The number of esters is 1. The van der Waals surface area contributed by atoms with Gasteiger partial charge in [0.2, 0.25) is 0 Å². The van der Waals surface area contributed by atoms with Crippen molar-refractivity contribution in [3.63, 3.8) is 0 Å². The normalized spacial score (nSPS) is 15.1. The van der Waals surface area contributed by atoms with Crippen molar-refractivity contribution in [1.29, 1.82) is 0 Å². The molecule has 1 saturated heterocycles. The van der Waals surface area contributed by atoms with E-state index in [9.17, 15) is 9.59 Å². The number of amides is 1. The highest BCUT2D eigenvalue weighted by atomic mass is 32.1. The van der Waals surface area contributed by atoms with Crippen LogP contribution in [0, 0.1) is 0 Å². The summed E-state index contributed by atoms with van der Waals surface area (Å²) in [7, 11) is 2.90. The molecule has 0 atom stereocenters. The van der Waals surface area contributed by atoms with Crippen molar-refractivity contribution >= 4 is 46.2 Å². The van der Waals surface area contributed by atoms with Gasteiger partial charge in [0.05, 0.1) is 13.7 Å². The molecule has 0 N–H and O–H groups in total. The molecule has 4 rings (SSSR count). The summed E-state index contributed by atoms with van der Waals surface area (Å²) in [4.78, 5) is 27.6. The van der Waals surface area contributed by atoms with Crippen LogP contribution in [-0.2, 0) is 20.9 Å². The number of aromatic nitrogens is 1. The second-order valence-corrected chi connectivity index (χ2v) is 7.66. The van der Waals surface area contributed by atoms with E-state index in [4.69, 9.17) is 21.7 Å². The Hall–Kier alpha value is -3.65. The van der Waals surface area contributed by atoms with Crippen molar-refractivity contribution in [1.82, 2.24) is 14.4 Å². The highest BCUT2D eigenvalue weighted by Gasteiger charge is 2.37. The van der Waals surface area contributed by atoms with E-state index in [1.807, 2.05) is 60.8 Å². The van der Waals surface area contributed by atoms with Crippen LogP contribution in [-0.4, -0.2) is 58.7 Å². The molecule has 164 valence electrons. The molecule has 0 spiro atoms. The Bertz CT molecular complexity index is 1200. The molecule has 1 amide bonds. The molecule has 0 unspecified atom stereocenters. The third-order valence-electron chi connectivity index (χ3n) is 5.30. The standard InChI is InChI=1S/C24H23N3O4S/c1-25-23(29)21(27(24(25)32)16-22(28)30-2)14-17-15-26(20-11-7-6-10-19(17)20)12-13-31-18-8-4-3-5-9-18/h3-11,14-15H,12-13,16H2,1-2H3/b21-14-. The van der Waals surface area contributed by atoms with Crippen LogP contribution < -0.4 is 4.74 Å². The van der Waals surface area contributed by atoms with Gasteiger partial charge >= 0.3 is 5.97 Å². The number of thiocarbonyl (C=S) groups is 1. The number of ether oxygens (including phenoxy) is 2. The Labute approximate surface area is 191 Å². The van der Waals surface area contributed by atoms with Crippen molar-refractivity contribution < 1.29 is 19.1 Å². The summed E-state index contributed by atoms with van der Waals surface area (Å²) >= 11 is 5.37. The number of para-hydroxylation sites is 2. The van der Waals surface area contributed by atoms with Gasteiger partial charge in [-0.15, -0.1) is 0 Å². The Morgan fingerprint density at radius 2 is 1.81 bits per heavy atom. The van der Waals surface area contributed by atoms with Crippen molar-refractivity contribution in [2.45, 2.75) is 6.54 Å². The zero-order valence-corrected chi connectivity index (χ0v) is 18.7. The number of hydrogen-bond donors (Lipinski definition) is 0. The van der Waals surface area contributed by atoms with Crippen LogP contribution in [0.1, 0.15) is 5.56 Å². The molecule has 0 radical (unpaired) electrons. The second kappa shape index (κ2) is 9.23. The van der Waals surface area contributed by atoms with E-state index in [1.54, 1.807) is 13.1 Å². The molecule has 2 heterocycles. The fourth-order valence-electron chi connectivity index (χ4n) is 3.65. The molecule has 1 aliphatic rings. The van der Waals surface area contributed by atoms with Gasteiger partial charge in [-0.1, -0.05) is 36.4 Å². The van der Waals surface area contributed by atoms with E-state index in [0.29, 0.717) is 18.8 Å². The third kappa shape index (κ3) is 4.22. The Balaban J connectivity index is 1.65. The van der Waals surface area contributed by atoms with Crippen LogP contribution in [0.25, 0.3) is 17.0 Å². The first-order valence-electron chi connectivity index (χ1n) is 10.1. The van der Waals surface area contributed by atoms with Crippen molar-refractivity contribution in [2.24, 2.45) is 0 Å². The number of rotatable bonds is 7. The van der Waals surface area contributed by atoms with Gasteiger partial charge in [-0.05, 0) is 36.5 Å². The monoisotopic (exact) mass is 449 g/mol. The Kier molecular flexibility index (Phi) is 6.23. The molecule has 2 aromatic carbocycles. The van der Waals surface area contributed by atoms with E-state index in [-0.39, 0.29) is 17.6 Å². The predicted octanol–water partition coefficient (Wildman–Crippen LogP) is 3.29. The summed E-state index contributed by atoms with van der Waals surface area (Å²) < 4.78 is 12.7. The van der Waals surface area contributed by atoms with Crippen LogP contribution in [0.15, 0.2) is 66.5 Å². The van der Waals surface area contributed by atoms with Gasteiger partial charge < -0.3 is 18.9 Å². The van der Waals surface area contributed by atoms with Gasteiger partial charge in [-0.2, -0.15) is 0 Å². The average Bonchev–Trinajstić information content (AvgIpc) is 3.26. The van der Waals surface area contributed by atoms with Gasteiger partial charge in [0.1, 0.15) is 24.6 Å². The van der Waals surface area contributed by atoms with Crippen LogP contribution in [0.4, 0.5) is 0 Å². The second-order valence-electron chi connectivity index (χ2n) is 7.30. The highest BCUT2D eigenvalue weighted by Crippen LogP contribution is 2.28. The molecular weight excluding hydrogens is 426 g/mol. The molecule has 8 heteroatoms. The lowest BCUT2D eigenvalue weighted by molar-refractivity contribution is -0.140. The van der Waals surface area contributed by atoms with Gasteiger partial charge in [0.15, 0.2) is 5.11 Å². The molecule has 0 aliphatic carbocycles. The van der Waals surface area contributed by atoms with E-state index in [1.165, 1.54) is 16.9 Å². The zero-order chi connectivity index (χ0) is 22.7. The summed E-state index contributed by atoms with van der Waals surface area (Å²) in [6, 6.07) is 17.6. The summed E-state index contributed by atoms with van der Waals surface area (Å²) in [5, 5.41) is 1.26. The molecule has 3 aromatic rings. The molecule has 1 aromatic heterocycles. The Morgan fingerprint density at radius 1 is 1.09 bits per heavy atom. The number of likely N-dealkylation sites (N-methyl/N-ethyl adjacent to an activating group) is 1. The van der Waals surface area contributed by atoms with Crippen LogP contribution in [0.2, 0.25) is 0 Å². The number of carbonyl (C=O) groups is 2. The minimum absolute atomic E-state index is 0.124. The predicted molar refractivity (Wildman–Crippen MR) is 126 cm³/mol. The number of fused-ring (bicyclic) bond motifs is 1. The number of methoxy groups -OCH3 is 1. The zero-order valence-electron chi connectivity index (χ0n) is 17.9. The summed E-state index contributed by atoms with van der Waals surface area (Å²) in [6.45, 7) is 1.01. The fourth-order valence-corrected chi connectivity index (χ4v) is 3.89. The fraction of sp³-hybridized carbons (Fsp3) is 0.208. The van der Waals surface area contributed by atoms with E-state index >= 15 is 0 Å². The largest absolute Gasteiger partial charge is 0.492 e. The minimum Gasteiger partial charge on any atom is -0.492 e. The summed E-state index contributed by atoms with van der Waals surface area (Å²) in [6.07, 6.45) is 3.76. The van der Waals surface area contributed by atoms with Crippen LogP contribution >= 0.6 is 12.2 Å². The molecular formula is C24H23N3O4S. The lowest BCUT2D eigenvalue weighted by Gasteiger charge is -2.16. The topological polar surface area (TPSA) is 64.0 Å². The molecule has 1 fully saturated rings. The van der Waals surface area contributed by atoms with Crippen LogP contribution in [0.5, 0.6) is 5.75 Å². The maximum atomic E-state index is 12.8. The quantitative estimate of drug-likeness (QED) is 0.313. The number of benzene rings is 2. The lowest BCUT2D eigenvalue weighted by Crippen LogP contribution is -2.33. The summed E-state index contributed by atoms with van der Waals surface area (Å²) in [5.74, 6) is 0.0860. The SMILES string of the molecule is COC(=O)CN1C(=S)N(C)C(=O)/C1=C/c1cn(CCOc2ccccc2)c2ccccc12. The van der Waals surface area contributed by atoms with E-state index in [2.05, 4.69) is 4.57 Å².